The summed E-state index contributed by atoms with van der Waals surface area (Å²) in [5, 5.41) is 18.5. The van der Waals surface area contributed by atoms with Gasteiger partial charge in [-0.05, 0) is 69.1 Å². The Bertz CT molecular complexity index is 1310. The van der Waals surface area contributed by atoms with Crippen molar-refractivity contribution in [2.45, 2.75) is 58.3 Å². The molecule has 0 amide bonds. The van der Waals surface area contributed by atoms with Gasteiger partial charge in [-0.2, -0.15) is 17.6 Å². The summed E-state index contributed by atoms with van der Waals surface area (Å²) in [6.07, 6.45) is 4.91. The van der Waals surface area contributed by atoms with E-state index in [1.165, 1.54) is 24.6 Å². The van der Waals surface area contributed by atoms with Gasteiger partial charge in [0.05, 0.1) is 4.47 Å². The third kappa shape index (κ3) is 5.98. The van der Waals surface area contributed by atoms with E-state index < -0.39 is 23.0 Å². The van der Waals surface area contributed by atoms with E-state index in [1.807, 2.05) is 31.2 Å². The molecule has 0 aromatic heterocycles. The van der Waals surface area contributed by atoms with Gasteiger partial charge in [0.1, 0.15) is 0 Å². The minimum atomic E-state index is -4.23. The van der Waals surface area contributed by atoms with E-state index in [9.17, 15) is 27.8 Å². The molecule has 202 valence electrons. The number of aryl methyl sites for hydroxylation is 2. The highest BCUT2D eigenvalue weighted by molar-refractivity contribution is 9.10. The average Bonchev–Trinajstić information content (AvgIpc) is 2.90. The van der Waals surface area contributed by atoms with Crippen molar-refractivity contribution in [1.29, 1.82) is 0 Å². The molecule has 0 atom stereocenters. The lowest BCUT2D eigenvalue weighted by atomic mass is 9.85. The Morgan fingerprint density at radius 3 is 1.74 bits per heavy atom. The van der Waals surface area contributed by atoms with E-state index in [2.05, 4.69) is 22.9 Å². The Morgan fingerprint density at radius 2 is 1.21 bits per heavy atom. The van der Waals surface area contributed by atoms with Crippen LogP contribution in [0.15, 0.2) is 82.9 Å². The van der Waals surface area contributed by atoms with Gasteiger partial charge in [-0.25, -0.2) is 0 Å². The van der Waals surface area contributed by atoms with E-state index in [4.69, 9.17) is 0 Å². The fraction of sp³-hybridized carbons (Fsp3) is 0.290. The number of benzene rings is 3. The summed E-state index contributed by atoms with van der Waals surface area (Å²) in [6.45, 7) is 5.49. The molecule has 2 nitrogen and oxygen atoms in total. The number of phenolic OH excluding ortho intramolecular Hbond substituents is 2. The first-order valence-electron chi connectivity index (χ1n) is 12.5. The summed E-state index contributed by atoms with van der Waals surface area (Å²) < 4.78 is 57.8. The molecule has 38 heavy (non-hydrogen) atoms. The molecular formula is C31H31BrF4O2. The zero-order valence-electron chi connectivity index (χ0n) is 21.5. The molecule has 0 fully saturated rings. The minimum absolute atomic E-state index is 0.0260. The Hall–Kier alpha value is -3.06. The lowest BCUT2D eigenvalue weighted by Gasteiger charge is -2.33. The van der Waals surface area contributed by atoms with E-state index in [0.29, 0.717) is 10.9 Å². The average molecular weight is 591 g/mol. The largest absolute Gasteiger partial charge is 0.504 e. The van der Waals surface area contributed by atoms with Gasteiger partial charge in [-0.3, -0.25) is 0 Å². The summed E-state index contributed by atoms with van der Waals surface area (Å²) >= 11 is 3.10. The first kappa shape index (κ1) is 29.5. The van der Waals surface area contributed by atoms with Gasteiger partial charge in [0, 0.05) is 11.1 Å². The Kier molecular flexibility index (Phi) is 9.47. The second-order valence-electron chi connectivity index (χ2n) is 9.06. The maximum atomic E-state index is 14.5. The van der Waals surface area contributed by atoms with Gasteiger partial charge in [-0.15, -0.1) is 0 Å². The summed E-state index contributed by atoms with van der Waals surface area (Å²) in [5.41, 5.74) is 2.74. The van der Waals surface area contributed by atoms with Gasteiger partial charge < -0.3 is 10.2 Å². The molecule has 0 bridgehead atoms. The quantitative estimate of drug-likeness (QED) is 0.221. The zero-order chi connectivity index (χ0) is 28.1. The smallest absolute Gasteiger partial charge is 0.339 e. The van der Waals surface area contributed by atoms with Crippen LogP contribution in [0, 0.1) is 0 Å². The van der Waals surface area contributed by atoms with Gasteiger partial charge >= 0.3 is 11.8 Å². The predicted molar refractivity (Wildman–Crippen MR) is 149 cm³/mol. The predicted octanol–water partition coefficient (Wildman–Crippen LogP) is 9.73. The molecule has 3 aromatic rings. The van der Waals surface area contributed by atoms with Crippen LogP contribution < -0.4 is 0 Å². The third-order valence-electron chi connectivity index (χ3n) is 6.56. The van der Waals surface area contributed by atoms with E-state index in [0.717, 1.165) is 41.7 Å². The number of hydrogen-bond donors (Lipinski definition) is 2. The van der Waals surface area contributed by atoms with Crippen LogP contribution in [0.2, 0.25) is 0 Å². The van der Waals surface area contributed by atoms with Crippen molar-refractivity contribution in [2.24, 2.45) is 0 Å². The van der Waals surface area contributed by atoms with Crippen LogP contribution in [-0.2, 0) is 12.8 Å². The highest BCUT2D eigenvalue weighted by Crippen LogP contribution is 2.51. The fourth-order valence-electron chi connectivity index (χ4n) is 4.26. The number of halogens is 5. The summed E-state index contributed by atoms with van der Waals surface area (Å²) in [5.74, 6) is -8.50. The van der Waals surface area contributed by atoms with Crippen molar-refractivity contribution < 1.29 is 27.8 Å². The highest BCUT2D eigenvalue weighted by Gasteiger charge is 2.61. The van der Waals surface area contributed by atoms with Crippen molar-refractivity contribution >= 4 is 21.5 Å². The standard InChI is InChI=1S/C23H22F4.C8H9BrO2/c1-3-5-16-6-8-17(9-7-16)18-10-12-19(13-11-18)21-15-14-20(4-2)22(24,25)23(21,26)27;1-2-5-3-4-6(9)8(11)7(5)10/h6-15H,3-5H2,1-2H3;3-4,10-11H,2H2,1H3. The summed E-state index contributed by atoms with van der Waals surface area (Å²) in [6, 6.07) is 17.9. The van der Waals surface area contributed by atoms with Crippen LogP contribution in [0.4, 0.5) is 17.6 Å². The second-order valence-corrected chi connectivity index (χ2v) is 9.91. The van der Waals surface area contributed by atoms with Crippen molar-refractivity contribution in [3.63, 3.8) is 0 Å². The lowest BCUT2D eigenvalue weighted by Crippen LogP contribution is -2.44. The molecule has 1 aliphatic carbocycles. The number of hydrogen-bond acceptors (Lipinski definition) is 2. The topological polar surface area (TPSA) is 40.5 Å². The molecule has 1 aliphatic rings. The number of phenols is 2. The molecule has 7 heteroatoms. The lowest BCUT2D eigenvalue weighted by molar-refractivity contribution is -0.149. The Labute approximate surface area is 229 Å². The maximum absolute atomic E-state index is 14.5. The molecule has 0 radical (unpaired) electrons. The summed E-state index contributed by atoms with van der Waals surface area (Å²) in [7, 11) is 0. The molecule has 0 spiro atoms. The van der Waals surface area contributed by atoms with Gasteiger partial charge in [0.25, 0.3) is 0 Å². The molecule has 4 rings (SSSR count). The van der Waals surface area contributed by atoms with Gasteiger partial charge in [0.2, 0.25) is 0 Å². The normalized spacial score (nSPS) is 15.7. The van der Waals surface area contributed by atoms with Crippen LogP contribution in [-0.4, -0.2) is 22.1 Å². The molecule has 0 unspecified atom stereocenters. The molecule has 0 heterocycles. The number of rotatable bonds is 6. The van der Waals surface area contributed by atoms with Crippen LogP contribution in [0.5, 0.6) is 11.5 Å². The van der Waals surface area contributed by atoms with Crippen LogP contribution in [0.3, 0.4) is 0 Å². The number of aromatic hydroxyl groups is 2. The molecule has 2 N–H and O–H groups in total. The Balaban J connectivity index is 0.000000304. The molecule has 3 aromatic carbocycles. The van der Waals surface area contributed by atoms with Gasteiger partial charge in [-0.1, -0.05) is 93.9 Å². The molecular weight excluding hydrogens is 560 g/mol. The van der Waals surface area contributed by atoms with Crippen molar-refractivity contribution in [3.8, 4) is 22.6 Å². The molecule has 0 saturated carbocycles. The number of alkyl halides is 4. The van der Waals surface area contributed by atoms with Crippen LogP contribution in [0.1, 0.15) is 50.3 Å². The minimum Gasteiger partial charge on any atom is -0.504 e. The first-order valence-corrected chi connectivity index (χ1v) is 13.3. The summed E-state index contributed by atoms with van der Waals surface area (Å²) in [4.78, 5) is 0. The SMILES string of the molecule is CCCc1ccc(-c2ccc(C3=CC=C(CC)C(F)(F)C3(F)F)cc2)cc1.CCc1ccc(Br)c(O)c1O. The van der Waals surface area contributed by atoms with Crippen LogP contribution in [0.25, 0.3) is 16.7 Å². The monoisotopic (exact) mass is 590 g/mol. The zero-order valence-corrected chi connectivity index (χ0v) is 23.1. The maximum Gasteiger partial charge on any atom is 0.339 e. The number of allylic oxidation sites excluding steroid dienone is 4. The fourth-order valence-corrected chi connectivity index (χ4v) is 4.58. The first-order chi connectivity index (χ1) is 18.0. The van der Waals surface area contributed by atoms with Gasteiger partial charge in [0.15, 0.2) is 11.5 Å². The van der Waals surface area contributed by atoms with E-state index in [-0.39, 0.29) is 23.5 Å². The van der Waals surface area contributed by atoms with Crippen molar-refractivity contribution in [2.75, 3.05) is 0 Å². The third-order valence-corrected chi connectivity index (χ3v) is 7.20. The Morgan fingerprint density at radius 1 is 0.658 bits per heavy atom. The van der Waals surface area contributed by atoms with Crippen molar-refractivity contribution in [3.05, 3.63) is 99.6 Å². The highest BCUT2D eigenvalue weighted by atomic mass is 79.9. The van der Waals surface area contributed by atoms with Crippen molar-refractivity contribution in [1.82, 2.24) is 0 Å². The van der Waals surface area contributed by atoms with E-state index in [1.54, 1.807) is 24.3 Å². The van der Waals surface area contributed by atoms with Crippen LogP contribution >= 0.6 is 15.9 Å². The van der Waals surface area contributed by atoms with E-state index >= 15 is 0 Å². The second kappa shape index (κ2) is 12.2. The molecule has 0 aliphatic heterocycles. The molecule has 0 saturated heterocycles.